The van der Waals surface area contributed by atoms with Gasteiger partial charge in [-0.05, 0) is 35.2 Å². The van der Waals surface area contributed by atoms with Crippen LogP contribution in [0.2, 0.25) is 9.36 Å². The van der Waals surface area contributed by atoms with E-state index in [1.165, 1.54) is 22.9 Å². The van der Waals surface area contributed by atoms with E-state index in [9.17, 15) is 27.9 Å². The number of rotatable bonds is 8. The molecule has 0 radical (unpaired) electrons. The first-order valence-corrected chi connectivity index (χ1v) is 11.8. The summed E-state index contributed by atoms with van der Waals surface area (Å²) in [5, 5.41) is 21.6. The number of halogens is 5. The van der Waals surface area contributed by atoms with E-state index in [4.69, 9.17) is 28.3 Å². The number of carboxylic acids is 1. The van der Waals surface area contributed by atoms with Gasteiger partial charge in [-0.2, -0.15) is 13.2 Å². The maximum Gasteiger partial charge on any atom is 0.417 e. The summed E-state index contributed by atoms with van der Waals surface area (Å²) < 4.78 is 41.4. The normalized spacial score (nSPS) is 12.7. The molecule has 1 aromatic carbocycles. The predicted molar refractivity (Wildman–Crippen MR) is 126 cm³/mol. The molecule has 1 unspecified atom stereocenters. The van der Waals surface area contributed by atoms with Gasteiger partial charge in [-0.25, -0.2) is 4.98 Å². The lowest BCUT2D eigenvalue weighted by atomic mass is 10.0. The third-order valence-corrected chi connectivity index (χ3v) is 6.58. The van der Waals surface area contributed by atoms with Gasteiger partial charge in [0.05, 0.1) is 28.8 Å². The van der Waals surface area contributed by atoms with Crippen molar-refractivity contribution in [3.8, 4) is 0 Å². The van der Waals surface area contributed by atoms with Crippen molar-refractivity contribution in [2.24, 2.45) is 5.92 Å². The van der Waals surface area contributed by atoms with Gasteiger partial charge in [-0.3, -0.25) is 14.9 Å². The molecule has 0 saturated heterocycles. The molecule has 35 heavy (non-hydrogen) atoms. The quantitative estimate of drug-likeness (QED) is 0.325. The zero-order chi connectivity index (χ0) is 26.1. The minimum absolute atomic E-state index is 0.0503. The number of carbonyl (C=O) groups excluding carboxylic acids is 1. The highest BCUT2D eigenvalue weighted by molar-refractivity contribution is 7.19. The summed E-state index contributed by atoms with van der Waals surface area (Å²) in [5.41, 5.74) is -0.224. The number of nitrogens with zero attached hydrogens (tertiary/aromatic N) is 2. The van der Waals surface area contributed by atoms with Crippen molar-refractivity contribution in [1.29, 1.82) is 0 Å². The lowest BCUT2D eigenvalue weighted by Crippen LogP contribution is -2.17. The molecule has 0 bridgehead atoms. The van der Waals surface area contributed by atoms with E-state index in [-0.39, 0.29) is 38.9 Å². The number of aliphatic hydroxyl groups is 1. The summed E-state index contributed by atoms with van der Waals surface area (Å²) in [7, 11) is 0. The molecule has 0 aliphatic heterocycles. The molecule has 1 atom stereocenters. The molecule has 2 aromatic heterocycles. The molecule has 7 nitrogen and oxygen atoms in total. The molecule has 2 heterocycles. The number of aliphatic carboxylic acids is 1. The summed E-state index contributed by atoms with van der Waals surface area (Å²) in [4.78, 5) is 28.0. The van der Waals surface area contributed by atoms with Crippen molar-refractivity contribution in [2.75, 3.05) is 5.32 Å². The Labute approximate surface area is 212 Å². The predicted octanol–water partition coefficient (Wildman–Crippen LogP) is 5.89. The molecular formula is C22H20Cl2F3N3O4S. The number of amides is 1. The zero-order valence-corrected chi connectivity index (χ0v) is 20.7. The summed E-state index contributed by atoms with van der Waals surface area (Å²) in [6, 6.07) is 4.89. The lowest BCUT2D eigenvalue weighted by Gasteiger charge is -2.13. The van der Waals surface area contributed by atoms with Gasteiger partial charge in [-0.15, -0.1) is 0 Å². The zero-order valence-electron chi connectivity index (χ0n) is 18.4. The molecule has 0 aliphatic carbocycles. The molecule has 3 N–H and O–H groups in total. The first kappa shape index (κ1) is 27.0. The molecular weight excluding hydrogens is 530 g/mol. The first-order chi connectivity index (χ1) is 16.3. The minimum Gasteiger partial charge on any atom is -0.481 e. The largest absolute Gasteiger partial charge is 0.481 e. The first-order valence-electron chi connectivity index (χ1n) is 10.2. The summed E-state index contributed by atoms with van der Waals surface area (Å²) in [6.07, 6.45) is -4.51. The van der Waals surface area contributed by atoms with Crippen LogP contribution in [0.5, 0.6) is 0 Å². The van der Waals surface area contributed by atoms with E-state index >= 15 is 0 Å². The van der Waals surface area contributed by atoms with Gasteiger partial charge < -0.3 is 14.8 Å². The van der Waals surface area contributed by atoms with Crippen LogP contribution in [0.25, 0.3) is 0 Å². The number of aliphatic hydroxyl groups excluding tert-OH is 1. The topological polar surface area (TPSA) is 104 Å². The van der Waals surface area contributed by atoms with Crippen LogP contribution in [0.15, 0.2) is 30.5 Å². The number of anilines is 1. The average Bonchev–Trinajstić information content (AvgIpc) is 3.30. The molecule has 188 valence electrons. The Balaban J connectivity index is 1.95. The number of hydrogen-bond donors (Lipinski definition) is 3. The standard InChI is InChI=1S/C22H20Cl2F3N3O4S/c1-10(2)18(33)12-6-16(20(34)29-21-28-15(7-17(31)32)19(24)35-21)30(9-12)8-11-3-4-14(23)13(5-11)22(25,26)27/h3-6,9-10,18,33H,7-8H2,1-2H3,(H,31,32)(H,28,29,34). The number of carbonyl (C=O) groups is 2. The number of thiazole rings is 1. The third-order valence-electron chi connectivity index (χ3n) is 5.00. The third kappa shape index (κ3) is 6.54. The van der Waals surface area contributed by atoms with Crippen LogP contribution in [0, 0.1) is 5.92 Å². The highest BCUT2D eigenvalue weighted by Crippen LogP contribution is 2.35. The van der Waals surface area contributed by atoms with E-state index in [1.807, 2.05) is 0 Å². The van der Waals surface area contributed by atoms with Gasteiger partial charge in [0.15, 0.2) is 5.13 Å². The molecule has 13 heteroatoms. The number of hydrogen-bond acceptors (Lipinski definition) is 5. The number of nitrogens with one attached hydrogen (secondary N) is 1. The second kappa shape index (κ2) is 10.6. The van der Waals surface area contributed by atoms with Gasteiger partial charge in [-0.1, -0.05) is 54.5 Å². The van der Waals surface area contributed by atoms with Crippen molar-refractivity contribution in [1.82, 2.24) is 9.55 Å². The van der Waals surface area contributed by atoms with E-state index in [0.29, 0.717) is 5.56 Å². The highest BCUT2D eigenvalue weighted by atomic mass is 35.5. The van der Waals surface area contributed by atoms with Crippen LogP contribution in [-0.4, -0.2) is 31.6 Å². The molecule has 0 fully saturated rings. The summed E-state index contributed by atoms with van der Waals surface area (Å²) >= 11 is 12.6. The number of carboxylic acid groups (broad SMARTS) is 1. The second-order valence-corrected chi connectivity index (χ2v) is 10.1. The van der Waals surface area contributed by atoms with Crippen molar-refractivity contribution in [3.05, 3.63) is 67.9 Å². The summed E-state index contributed by atoms with van der Waals surface area (Å²) in [6.45, 7) is 3.44. The van der Waals surface area contributed by atoms with Crippen LogP contribution in [0.1, 0.15) is 52.8 Å². The lowest BCUT2D eigenvalue weighted by molar-refractivity contribution is -0.138. The second-order valence-electron chi connectivity index (χ2n) is 8.05. The molecule has 0 spiro atoms. The monoisotopic (exact) mass is 549 g/mol. The Kier molecular flexibility index (Phi) is 8.15. The van der Waals surface area contributed by atoms with Crippen LogP contribution in [-0.2, 0) is 23.9 Å². The van der Waals surface area contributed by atoms with Crippen molar-refractivity contribution in [3.63, 3.8) is 0 Å². The van der Waals surface area contributed by atoms with Gasteiger partial charge in [0.1, 0.15) is 10.0 Å². The summed E-state index contributed by atoms with van der Waals surface area (Å²) in [5.74, 6) is -1.99. The van der Waals surface area contributed by atoms with E-state index < -0.39 is 41.2 Å². The molecule has 0 saturated carbocycles. The molecule has 0 aliphatic rings. The highest BCUT2D eigenvalue weighted by Gasteiger charge is 2.33. The van der Waals surface area contributed by atoms with Crippen LogP contribution in [0.3, 0.4) is 0 Å². The van der Waals surface area contributed by atoms with Crippen LogP contribution >= 0.6 is 34.5 Å². The maximum absolute atomic E-state index is 13.3. The van der Waals surface area contributed by atoms with Crippen molar-refractivity contribution < 1.29 is 33.0 Å². The average molecular weight is 550 g/mol. The van der Waals surface area contributed by atoms with Crippen molar-refractivity contribution >= 4 is 51.5 Å². The fraction of sp³-hybridized carbons (Fsp3) is 0.318. The fourth-order valence-electron chi connectivity index (χ4n) is 3.29. The Bertz CT molecular complexity index is 1260. The molecule has 3 aromatic rings. The van der Waals surface area contributed by atoms with E-state index in [0.717, 1.165) is 23.5 Å². The Hall–Kier alpha value is -2.60. The maximum atomic E-state index is 13.3. The number of benzene rings is 1. The Morgan fingerprint density at radius 3 is 2.51 bits per heavy atom. The van der Waals surface area contributed by atoms with Gasteiger partial charge in [0.25, 0.3) is 5.91 Å². The van der Waals surface area contributed by atoms with Crippen molar-refractivity contribution in [2.45, 2.75) is 39.1 Å². The Morgan fingerprint density at radius 2 is 1.91 bits per heavy atom. The fourth-order valence-corrected chi connectivity index (χ4v) is 4.54. The van der Waals surface area contributed by atoms with Gasteiger partial charge in [0, 0.05) is 12.7 Å². The Morgan fingerprint density at radius 1 is 1.23 bits per heavy atom. The van der Waals surface area contributed by atoms with Crippen LogP contribution in [0.4, 0.5) is 18.3 Å². The smallest absolute Gasteiger partial charge is 0.417 e. The SMILES string of the molecule is CC(C)C(O)c1cc(C(=O)Nc2nc(CC(=O)O)c(Cl)s2)n(Cc2ccc(Cl)c(C(F)(F)F)c2)c1. The van der Waals surface area contributed by atoms with E-state index in [1.54, 1.807) is 13.8 Å². The number of aromatic nitrogens is 2. The number of alkyl halides is 3. The van der Waals surface area contributed by atoms with Gasteiger partial charge >= 0.3 is 12.1 Å². The minimum atomic E-state index is -4.65. The van der Waals surface area contributed by atoms with Crippen LogP contribution < -0.4 is 5.32 Å². The molecule has 3 rings (SSSR count). The van der Waals surface area contributed by atoms with Gasteiger partial charge in [0.2, 0.25) is 0 Å². The van der Waals surface area contributed by atoms with E-state index in [2.05, 4.69) is 10.3 Å². The molecule has 1 amide bonds.